The van der Waals surface area contributed by atoms with Crippen molar-refractivity contribution in [3.8, 4) is 11.3 Å². The number of rotatable bonds is 8. The van der Waals surface area contributed by atoms with E-state index in [9.17, 15) is 22.8 Å². The predicted octanol–water partition coefficient (Wildman–Crippen LogP) is 4.63. The number of alkyl halides is 3. The van der Waals surface area contributed by atoms with Gasteiger partial charge in [0.2, 0.25) is 5.91 Å². The summed E-state index contributed by atoms with van der Waals surface area (Å²) in [7, 11) is 0. The highest BCUT2D eigenvalue weighted by Crippen LogP contribution is 2.35. The average Bonchev–Trinajstić information content (AvgIpc) is 3.56. The molecule has 1 aromatic heterocycles. The first kappa shape index (κ1) is 22.8. The van der Waals surface area contributed by atoms with Crippen LogP contribution >= 0.6 is 0 Å². The van der Waals surface area contributed by atoms with Crippen LogP contribution in [0, 0.1) is 5.92 Å². The van der Waals surface area contributed by atoms with Crippen LogP contribution in [0.25, 0.3) is 11.3 Å². The molecule has 3 rings (SSSR count). The van der Waals surface area contributed by atoms with E-state index in [1.54, 1.807) is 24.0 Å². The number of aromatic nitrogens is 1. The lowest BCUT2D eigenvalue weighted by Gasteiger charge is -2.23. The van der Waals surface area contributed by atoms with Crippen molar-refractivity contribution in [2.45, 2.75) is 45.8 Å². The highest BCUT2D eigenvalue weighted by molar-refractivity contribution is 5.81. The number of carbonyl (C=O) groups is 2. The summed E-state index contributed by atoms with van der Waals surface area (Å²) >= 11 is 0. The van der Waals surface area contributed by atoms with Gasteiger partial charge in [0.1, 0.15) is 0 Å². The number of pyridine rings is 1. The standard InChI is InChI=1S/C23H25F3N2O3/c1-3-28(22(30)16-5-6-16)14-17-13-18(23(24,25)26)7-8-19(17)20-11-15(9-10-27-20)12-21(29)31-4-2/h7-11,13,16H,3-6,12,14H2,1-2H3. The Morgan fingerprint density at radius 2 is 1.90 bits per heavy atom. The summed E-state index contributed by atoms with van der Waals surface area (Å²) in [6, 6.07) is 6.81. The van der Waals surface area contributed by atoms with E-state index in [0.29, 0.717) is 28.9 Å². The maximum absolute atomic E-state index is 13.4. The van der Waals surface area contributed by atoms with Crippen LogP contribution in [0.2, 0.25) is 0 Å². The first-order valence-electron chi connectivity index (χ1n) is 10.3. The molecule has 1 saturated carbocycles. The van der Waals surface area contributed by atoms with Crippen molar-refractivity contribution in [1.29, 1.82) is 0 Å². The number of hydrogen-bond donors (Lipinski definition) is 0. The van der Waals surface area contributed by atoms with E-state index in [1.807, 2.05) is 6.92 Å². The van der Waals surface area contributed by atoms with E-state index in [2.05, 4.69) is 4.98 Å². The predicted molar refractivity (Wildman–Crippen MR) is 109 cm³/mol. The number of esters is 1. The Morgan fingerprint density at radius 1 is 1.16 bits per heavy atom. The Hall–Kier alpha value is -2.90. The van der Waals surface area contributed by atoms with Gasteiger partial charge in [0.25, 0.3) is 0 Å². The number of carbonyl (C=O) groups excluding carboxylic acids is 2. The summed E-state index contributed by atoms with van der Waals surface area (Å²) in [6.45, 7) is 4.26. The number of amides is 1. The van der Waals surface area contributed by atoms with Crippen molar-refractivity contribution in [2.75, 3.05) is 13.2 Å². The van der Waals surface area contributed by atoms with Crippen LogP contribution < -0.4 is 0 Å². The molecule has 0 radical (unpaired) electrons. The van der Waals surface area contributed by atoms with Crippen LogP contribution in [0.4, 0.5) is 13.2 Å². The van der Waals surface area contributed by atoms with Gasteiger partial charge in [-0.25, -0.2) is 0 Å². The lowest BCUT2D eigenvalue weighted by molar-refractivity contribution is -0.142. The normalized spacial score (nSPS) is 13.7. The van der Waals surface area contributed by atoms with Gasteiger partial charge < -0.3 is 9.64 Å². The molecule has 1 fully saturated rings. The van der Waals surface area contributed by atoms with E-state index in [4.69, 9.17) is 4.74 Å². The van der Waals surface area contributed by atoms with Crippen molar-refractivity contribution in [3.05, 3.63) is 53.2 Å². The van der Waals surface area contributed by atoms with Gasteiger partial charge in [-0.3, -0.25) is 14.6 Å². The summed E-state index contributed by atoms with van der Waals surface area (Å²) in [6.07, 6.45) is -1.30. The van der Waals surface area contributed by atoms with Crippen molar-refractivity contribution in [3.63, 3.8) is 0 Å². The average molecular weight is 434 g/mol. The molecule has 1 aliphatic carbocycles. The summed E-state index contributed by atoms with van der Waals surface area (Å²) < 4.78 is 45.0. The molecule has 1 amide bonds. The van der Waals surface area contributed by atoms with Gasteiger partial charge in [-0.2, -0.15) is 13.2 Å². The fraction of sp³-hybridized carbons (Fsp3) is 0.435. The van der Waals surface area contributed by atoms with Gasteiger partial charge in [0.15, 0.2) is 0 Å². The molecule has 2 aromatic rings. The molecule has 0 saturated heterocycles. The second-order valence-corrected chi connectivity index (χ2v) is 7.53. The zero-order chi connectivity index (χ0) is 22.6. The second-order valence-electron chi connectivity index (χ2n) is 7.53. The molecule has 0 unspecified atom stereocenters. The highest BCUT2D eigenvalue weighted by Gasteiger charge is 2.34. The fourth-order valence-corrected chi connectivity index (χ4v) is 3.40. The molecule has 1 aliphatic rings. The quantitative estimate of drug-likeness (QED) is 0.569. The summed E-state index contributed by atoms with van der Waals surface area (Å²) in [5.41, 5.74) is 1.19. The molecule has 0 bridgehead atoms. The molecule has 0 spiro atoms. The fourth-order valence-electron chi connectivity index (χ4n) is 3.40. The minimum absolute atomic E-state index is 0.0276. The molecular weight excluding hydrogens is 409 g/mol. The first-order chi connectivity index (χ1) is 14.7. The lowest BCUT2D eigenvalue weighted by Crippen LogP contribution is -2.31. The highest BCUT2D eigenvalue weighted by atomic mass is 19.4. The Morgan fingerprint density at radius 3 is 2.52 bits per heavy atom. The van der Waals surface area contributed by atoms with Gasteiger partial charge in [-0.15, -0.1) is 0 Å². The first-order valence-corrected chi connectivity index (χ1v) is 10.3. The Bertz CT molecular complexity index is 955. The number of halogens is 3. The van der Waals surface area contributed by atoms with Gasteiger partial charge in [-0.1, -0.05) is 6.07 Å². The molecule has 1 heterocycles. The molecule has 8 heteroatoms. The number of hydrogen-bond acceptors (Lipinski definition) is 4. The SMILES string of the molecule is CCOC(=O)Cc1ccnc(-c2ccc(C(F)(F)F)cc2CN(CC)C(=O)C2CC2)c1. The summed E-state index contributed by atoms with van der Waals surface area (Å²) in [5.74, 6) is -0.449. The largest absolute Gasteiger partial charge is 0.466 e. The molecule has 0 aliphatic heterocycles. The molecular formula is C23H25F3N2O3. The van der Waals surface area contributed by atoms with Crippen LogP contribution in [-0.4, -0.2) is 34.9 Å². The maximum atomic E-state index is 13.4. The third-order valence-corrected chi connectivity index (χ3v) is 5.17. The van der Waals surface area contributed by atoms with E-state index >= 15 is 0 Å². The summed E-state index contributed by atoms with van der Waals surface area (Å²) in [4.78, 5) is 30.2. The van der Waals surface area contributed by atoms with E-state index in [1.165, 1.54) is 12.3 Å². The molecule has 1 aromatic carbocycles. The molecule has 166 valence electrons. The second kappa shape index (κ2) is 9.49. The van der Waals surface area contributed by atoms with E-state index < -0.39 is 11.7 Å². The molecule has 0 atom stereocenters. The third-order valence-electron chi connectivity index (χ3n) is 5.17. The van der Waals surface area contributed by atoms with Crippen LogP contribution in [0.1, 0.15) is 43.4 Å². The van der Waals surface area contributed by atoms with Crippen LogP contribution in [0.15, 0.2) is 36.5 Å². The van der Waals surface area contributed by atoms with Gasteiger partial charge in [-0.05, 0) is 62.1 Å². The van der Waals surface area contributed by atoms with Crippen molar-refractivity contribution in [2.24, 2.45) is 5.92 Å². The van der Waals surface area contributed by atoms with Crippen LogP contribution in [0.3, 0.4) is 0 Å². The number of ether oxygens (including phenoxy) is 1. The van der Waals surface area contributed by atoms with E-state index in [-0.39, 0.29) is 37.4 Å². The minimum atomic E-state index is -4.50. The van der Waals surface area contributed by atoms with Crippen molar-refractivity contribution >= 4 is 11.9 Å². The summed E-state index contributed by atoms with van der Waals surface area (Å²) in [5, 5.41) is 0. The van der Waals surface area contributed by atoms with Crippen LogP contribution in [-0.2, 0) is 33.5 Å². The Labute approximate surface area is 179 Å². The van der Waals surface area contributed by atoms with E-state index in [0.717, 1.165) is 25.0 Å². The number of benzene rings is 1. The monoisotopic (exact) mass is 434 g/mol. The van der Waals surface area contributed by atoms with Crippen LogP contribution in [0.5, 0.6) is 0 Å². The minimum Gasteiger partial charge on any atom is -0.466 e. The smallest absolute Gasteiger partial charge is 0.416 e. The zero-order valence-electron chi connectivity index (χ0n) is 17.5. The van der Waals surface area contributed by atoms with Crippen molar-refractivity contribution < 1.29 is 27.5 Å². The maximum Gasteiger partial charge on any atom is 0.416 e. The van der Waals surface area contributed by atoms with Gasteiger partial charge in [0, 0.05) is 30.8 Å². The van der Waals surface area contributed by atoms with Crippen molar-refractivity contribution in [1.82, 2.24) is 9.88 Å². The number of nitrogens with zero attached hydrogens (tertiary/aromatic N) is 2. The Kier molecular flexibility index (Phi) is 6.97. The van der Waals surface area contributed by atoms with Gasteiger partial charge in [0.05, 0.1) is 24.3 Å². The molecule has 31 heavy (non-hydrogen) atoms. The Balaban J connectivity index is 1.97. The topological polar surface area (TPSA) is 59.5 Å². The molecule has 0 N–H and O–H groups in total. The zero-order valence-corrected chi connectivity index (χ0v) is 17.5. The molecule has 5 nitrogen and oxygen atoms in total. The lowest BCUT2D eigenvalue weighted by atomic mass is 9.98. The third kappa shape index (κ3) is 5.83. The van der Waals surface area contributed by atoms with Gasteiger partial charge >= 0.3 is 12.1 Å².